The fraction of sp³-hybridized carbons (Fsp3) is 0.300. The largest absolute Gasteiger partial charge is 0.495 e. The Morgan fingerprint density at radius 1 is 1.60 bits per heavy atom. The number of hydrogen-bond donors (Lipinski definition) is 1. The van der Waals surface area contributed by atoms with E-state index in [1.165, 1.54) is 0 Å². The van der Waals surface area contributed by atoms with Crippen molar-refractivity contribution in [2.45, 2.75) is 13.0 Å². The van der Waals surface area contributed by atoms with Crippen LogP contribution in [0.5, 0.6) is 5.75 Å². The van der Waals surface area contributed by atoms with Gasteiger partial charge in [0.05, 0.1) is 31.1 Å². The lowest BCUT2D eigenvalue weighted by atomic mass is 10.2. The summed E-state index contributed by atoms with van der Waals surface area (Å²) in [5, 5.41) is 13.7. The highest BCUT2D eigenvalue weighted by atomic mass is 79.9. The molecule has 0 aliphatic heterocycles. The third-order valence-electron chi connectivity index (χ3n) is 2.25. The molecule has 0 aromatic carbocycles. The van der Waals surface area contributed by atoms with Gasteiger partial charge in [-0.3, -0.25) is 0 Å². The monoisotopic (exact) mass is 270 g/mol. The number of aliphatic hydroxyl groups is 1. The van der Waals surface area contributed by atoms with Crippen molar-refractivity contribution in [3.8, 4) is 5.75 Å². The van der Waals surface area contributed by atoms with Crippen LogP contribution in [0.25, 0.3) is 5.52 Å². The van der Waals surface area contributed by atoms with E-state index >= 15 is 0 Å². The molecule has 15 heavy (non-hydrogen) atoms. The average molecular weight is 271 g/mol. The van der Waals surface area contributed by atoms with Crippen molar-refractivity contribution in [2.24, 2.45) is 0 Å². The second kappa shape index (κ2) is 3.83. The molecule has 1 N–H and O–H groups in total. The molecule has 2 aromatic rings. The van der Waals surface area contributed by atoms with E-state index in [0.717, 1.165) is 21.3 Å². The maximum Gasteiger partial charge on any atom is 0.138 e. The van der Waals surface area contributed by atoms with Gasteiger partial charge in [-0.05, 0) is 28.9 Å². The fourth-order valence-corrected chi connectivity index (χ4v) is 2.13. The lowest BCUT2D eigenvalue weighted by Gasteiger charge is -2.06. The molecule has 0 saturated carbocycles. The number of aliphatic hydroxyl groups excluding tert-OH is 1. The predicted molar refractivity (Wildman–Crippen MR) is 60.1 cm³/mol. The van der Waals surface area contributed by atoms with Gasteiger partial charge < -0.3 is 9.84 Å². The Morgan fingerprint density at radius 3 is 2.93 bits per heavy atom. The van der Waals surface area contributed by atoms with Gasteiger partial charge >= 0.3 is 0 Å². The topological polar surface area (TPSA) is 46.8 Å². The quantitative estimate of drug-likeness (QED) is 0.910. The molecule has 0 bridgehead atoms. The van der Waals surface area contributed by atoms with Crippen LogP contribution in [0.4, 0.5) is 0 Å². The Hall–Kier alpha value is -1.07. The van der Waals surface area contributed by atoms with Gasteiger partial charge in [0.2, 0.25) is 0 Å². The Bertz CT molecular complexity index is 493. The first-order chi connectivity index (χ1) is 7.13. The number of hydrogen-bond acceptors (Lipinski definition) is 3. The van der Waals surface area contributed by atoms with Gasteiger partial charge in [0.1, 0.15) is 5.75 Å². The summed E-state index contributed by atoms with van der Waals surface area (Å²) in [6, 6.07) is 1.85. The predicted octanol–water partition coefficient (Wildman–Crippen LogP) is 2.16. The highest BCUT2D eigenvalue weighted by Gasteiger charge is 2.13. The van der Waals surface area contributed by atoms with Crippen LogP contribution in [0.15, 0.2) is 22.9 Å². The van der Waals surface area contributed by atoms with E-state index < -0.39 is 6.10 Å². The highest BCUT2D eigenvalue weighted by Crippen LogP contribution is 2.29. The maximum atomic E-state index is 9.56. The smallest absolute Gasteiger partial charge is 0.138 e. The minimum absolute atomic E-state index is 0.535. The maximum absolute atomic E-state index is 9.56. The van der Waals surface area contributed by atoms with Crippen molar-refractivity contribution in [3.63, 3.8) is 0 Å². The Morgan fingerprint density at radius 2 is 2.33 bits per heavy atom. The minimum Gasteiger partial charge on any atom is -0.495 e. The average Bonchev–Trinajstić information content (AvgIpc) is 2.61. The molecular weight excluding hydrogens is 260 g/mol. The first-order valence-electron chi connectivity index (χ1n) is 4.52. The van der Waals surface area contributed by atoms with Gasteiger partial charge in [-0.15, -0.1) is 0 Å². The number of nitrogens with zero attached hydrogens (tertiary/aromatic N) is 2. The number of aromatic nitrogens is 2. The van der Waals surface area contributed by atoms with Gasteiger partial charge in [-0.1, -0.05) is 0 Å². The number of pyridine rings is 1. The molecule has 0 aliphatic rings. The Kier molecular flexibility index (Phi) is 2.67. The molecule has 2 heterocycles. The lowest BCUT2D eigenvalue weighted by molar-refractivity contribution is 0.201. The molecule has 0 radical (unpaired) electrons. The van der Waals surface area contributed by atoms with Crippen LogP contribution in [0.1, 0.15) is 18.6 Å². The number of methoxy groups -OCH3 is 1. The van der Waals surface area contributed by atoms with E-state index in [2.05, 4.69) is 21.0 Å². The second-order valence-corrected chi connectivity index (χ2v) is 4.15. The first kappa shape index (κ1) is 10.4. The van der Waals surface area contributed by atoms with Crippen molar-refractivity contribution in [2.75, 3.05) is 7.11 Å². The zero-order valence-electron chi connectivity index (χ0n) is 8.44. The van der Waals surface area contributed by atoms with Crippen LogP contribution >= 0.6 is 15.9 Å². The molecule has 80 valence electrons. The van der Waals surface area contributed by atoms with Crippen LogP contribution < -0.4 is 4.74 Å². The standard InChI is InChI=1S/C10H11BrN2O2/c1-6(14)8-4-12-13-5-7(15-2)3-9(11)10(8)13/h3-6,14H,1-2H3. The summed E-state index contributed by atoms with van der Waals surface area (Å²) in [5.74, 6) is 0.717. The molecular formula is C10H11BrN2O2. The fourth-order valence-electron chi connectivity index (χ4n) is 1.49. The van der Waals surface area contributed by atoms with E-state index in [1.54, 1.807) is 30.9 Å². The van der Waals surface area contributed by atoms with E-state index in [0.29, 0.717) is 0 Å². The van der Waals surface area contributed by atoms with Gasteiger partial charge in [-0.25, -0.2) is 4.52 Å². The number of rotatable bonds is 2. The second-order valence-electron chi connectivity index (χ2n) is 3.30. The zero-order chi connectivity index (χ0) is 11.0. The summed E-state index contributed by atoms with van der Waals surface area (Å²) in [7, 11) is 1.60. The van der Waals surface area contributed by atoms with Crippen LogP contribution in [0.3, 0.4) is 0 Å². The molecule has 0 amide bonds. The van der Waals surface area contributed by atoms with E-state index in [4.69, 9.17) is 4.74 Å². The van der Waals surface area contributed by atoms with Gasteiger partial charge in [0.15, 0.2) is 0 Å². The summed E-state index contributed by atoms with van der Waals surface area (Å²) in [6.07, 6.45) is 2.89. The molecule has 0 saturated heterocycles. The molecule has 4 nitrogen and oxygen atoms in total. The van der Waals surface area contributed by atoms with Gasteiger partial charge in [0.25, 0.3) is 0 Å². The first-order valence-corrected chi connectivity index (χ1v) is 5.31. The Balaban J connectivity index is 2.71. The van der Waals surface area contributed by atoms with Crippen molar-refractivity contribution >= 4 is 21.4 Å². The molecule has 5 heteroatoms. The van der Waals surface area contributed by atoms with E-state index in [-0.39, 0.29) is 0 Å². The van der Waals surface area contributed by atoms with Gasteiger partial charge in [-0.2, -0.15) is 5.10 Å². The number of ether oxygens (including phenoxy) is 1. The summed E-state index contributed by atoms with van der Waals surface area (Å²) in [4.78, 5) is 0. The number of fused-ring (bicyclic) bond motifs is 1. The molecule has 2 aromatic heterocycles. The van der Waals surface area contributed by atoms with Crippen LogP contribution in [0, 0.1) is 0 Å². The Labute approximate surface area is 95.6 Å². The molecule has 0 fully saturated rings. The molecule has 0 spiro atoms. The van der Waals surface area contributed by atoms with E-state index in [1.807, 2.05) is 6.07 Å². The van der Waals surface area contributed by atoms with Crippen molar-refractivity contribution in [1.82, 2.24) is 9.61 Å². The normalized spacial score (nSPS) is 13.1. The SMILES string of the molecule is COc1cc(Br)c2c(C(C)O)cnn2c1. The summed E-state index contributed by atoms with van der Waals surface area (Å²) < 4.78 is 7.66. The zero-order valence-corrected chi connectivity index (χ0v) is 10.0. The minimum atomic E-state index is -0.535. The molecule has 2 rings (SSSR count). The van der Waals surface area contributed by atoms with Crippen LogP contribution in [-0.2, 0) is 0 Å². The molecule has 0 aliphatic carbocycles. The molecule has 1 unspecified atom stereocenters. The summed E-state index contributed by atoms with van der Waals surface area (Å²) >= 11 is 3.43. The van der Waals surface area contributed by atoms with E-state index in [9.17, 15) is 5.11 Å². The number of halogens is 1. The summed E-state index contributed by atoms with van der Waals surface area (Å²) in [6.45, 7) is 1.72. The van der Waals surface area contributed by atoms with Crippen LogP contribution in [-0.4, -0.2) is 21.8 Å². The molecule has 1 atom stereocenters. The van der Waals surface area contributed by atoms with Crippen molar-refractivity contribution in [1.29, 1.82) is 0 Å². The third kappa shape index (κ3) is 1.72. The highest BCUT2D eigenvalue weighted by molar-refractivity contribution is 9.10. The third-order valence-corrected chi connectivity index (χ3v) is 2.86. The van der Waals surface area contributed by atoms with Crippen molar-refractivity contribution < 1.29 is 9.84 Å². The van der Waals surface area contributed by atoms with Gasteiger partial charge in [0, 0.05) is 10.0 Å². The lowest BCUT2D eigenvalue weighted by Crippen LogP contribution is -1.94. The van der Waals surface area contributed by atoms with Crippen molar-refractivity contribution in [3.05, 3.63) is 28.5 Å². The van der Waals surface area contributed by atoms with Crippen LogP contribution in [0.2, 0.25) is 0 Å². The summed E-state index contributed by atoms with van der Waals surface area (Å²) in [5.41, 5.74) is 1.66.